The quantitative estimate of drug-likeness (QED) is 0.855. The molecule has 1 heterocycles. The van der Waals surface area contributed by atoms with Crippen LogP contribution in [0.1, 0.15) is 12.5 Å². The Labute approximate surface area is 128 Å². The zero-order chi connectivity index (χ0) is 15.2. The first-order chi connectivity index (χ1) is 10.1. The molecule has 0 spiro atoms. The third kappa shape index (κ3) is 3.92. The number of aromatic nitrogens is 1. The van der Waals surface area contributed by atoms with Crippen LogP contribution in [0.2, 0.25) is 5.02 Å². The number of nitrogens with one attached hydrogen (secondary N) is 1. The highest BCUT2D eigenvalue weighted by Gasteiger charge is 2.10. The van der Waals surface area contributed by atoms with E-state index in [4.69, 9.17) is 21.1 Å². The number of anilines is 1. The van der Waals surface area contributed by atoms with Crippen molar-refractivity contribution in [3.05, 3.63) is 41.0 Å². The number of nitrogens with zero attached hydrogens (tertiary/aromatic N) is 1. The lowest BCUT2D eigenvalue weighted by atomic mass is 10.2. The summed E-state index contributed by atoms with van der Waals surface area (Å²) in [6.45, 7) is 2.89. The third-order valence-corrected chi connectivity index (χ3v) is 3.07. The molecule has 2 N–H and O–H groups in total. The molecular formula is C15H17ClN2O3. The van der Waals surface area contributed by atoms with E-state index < -0.39 is 0 Å². The zero-order valence-corrected chi connectivity index (χ0v) is 12.6. The van der Waals surface area contributed by atoms with Crippen molar-refractivity contribution >= 4 is 17.3 Å². The predicted molar refractivity (Wildman–Crippen MR) is 82.4 cm³/mol. The maximum absolute atomic E-state index is 10.0. The highest BCUT2D eigenvalue weighted by atomic mass is 35.5. The fraction of sp³-hybridized carbons (Fsp3) is 0.267. The smallest absolute Gasteiger partial charge is 0.213 e. The van der Waals surface area contributed by atoms with Gasteiger partial charge in [0.1, 0.15) is 0 Å². The number of aromatic hydroxyl groups is 1. The lowest BCUT2D eigenvalue weighted by molar-refractivity contribution is 0.327. The van der Waals surface area contributed by atoms with Gasteiger partial charge in [-0.15, -0.1) is 0 Å². The van der Waals surface area contributed by atoms with E-state index in [0.29, 0.717) is 35.4 Å². The second-order valence-corrected chi connectivity index (χ2v) is 4.72. The molecule has 5 nitrogen and oxygen atoms in total. The Morgan fingerprint density at radius 1 is 1.33 bits per heavy atom. The Hall–Kier alpha value is -2.14. The van der Waals surface area contributed by atoms with Crippen LogP contribution in [-0.2, 0) is 6.54 Å². The maximum atomic E-state index is 10.0. The molecule has 0 atom stereocenters. The van der Waals surface area contributed by atoms with Crippen molar-refractivity contribution in [1.82, 2.24) is 4.98 Å². The summed E-state index contributed by atoms with van der Waals surface area (Å²) in [7, 11) is 1.49. The Morgan fingerprint density at radius 2 is 2.14 bits per heavy atom. The summed E-state index contributed by atoms with van der Waals surface area (Å²) in [5.74, 6) is 1.01. The number of methoxy groups -OCH3 is 1. The molecule has 0 amide bonds. The number of pyridine rings is 1. The minimum atomic E-state index is 0.0771. The van der Waals surface area contributed by atoms with Crippen LogP contribution in [0.3, 0.4) is 0 Å². The van der Waals surface area contributed by atoms with Crippen LogP contribution in [-0.4, -0.2) is 23.8 Å². The second-order valence-electron chi connectivity index (χ2n) is 4.29. The third-order valence-electron chi connectivity index (χ3n) is 2.85. The molecule has 1 aromatic carbocycles. The van der Waals surface area contributed by atoms with E-state index in [1.807, 2.05) is 13.0 Å². The van der Waals surface area contributed by atoms with E-state index >= 15 is 0 Å². The Morgan fingerprint density at radius 3 is 2.76 bits per heavy atom. The zero-order valence-electron chi connectivity index (χ0n) is 11.9. The van der Waals surface area contributed by atoms with Crippen molar-refractivity contribution in [2.45, 2.75) is 13.5 Å². The second kappa shape index (κ2) is 7.04. The van der Waals surface area contributed by atoms with Gasteiger partial charge in [-0.2, -0.15) is 0 Å². The van der Waals surface area contributed by atoms with Gasteiger partial charge in [0.25, 0.3) is 0 Å². The molecular weight excluding hydrogens is 292 g/mol. The first kappa shape index (κ1) is 15.3. The van der Waals surface area contributed by atoms with Gasteiger partial charge >= 0.3 is 0 Å². The Bertz CT molecular complexity index is 603. The summed E-state index contributed by atoms with van der Waals surface area (Å²) in [4.78, 5) is 4.16. The number of phenols is 1. The molecule has 0 bridgehead atoms. The number of halogens is 1. The van der Waals surface area contributed by atoms with E-state index in [2.05, 4.69) is 10.3 Å². The molecule has 0 saturated carbocycles. The highest BCUT2D eigenvalue weighted by Crippen LogP contribution is 2.33. The summed E-state index contributed by atoms with van der Waals surface area (Å²) >= 11 is 5.99. The standard InChI is InChI=1S/C15H17ClN2O3/c1-3-21-14-5-4-12(9-18-14)17-8-10-6-11(16)7-13(20-2)15(10)19/h4-7,9,17,19H,3,8H2,1-2H3. The van der Waals surface area contributed by atoms with Gasteiger partial charge in [0.15, 0.2) is 11.5 Å². The summed E-state index contributed by atoms with van der Waals surface area (Å²) in [6.07, 6.45) is 1.67. The summed E-state index contributed by atoms with van der Waals surface area (Å²) in [5.41, 5.74) is 1.46. The fourth-order valence-corrected chi connectivity index (χ4v) is 2.06. The van der Waals surface area contributed by atoms with Crippen molar-refractivity contribution in [2.24, 2.45) is 0 Å². The van der Waals surface area contributed by atoms with Crippen molar-refractivity contribution in [3.63, 3.8) is 0 Å². The first-order valence-electron chi connectivity index (χ1n) is 6.52. The molecule has 112 valence electrons. The monoisotopic (exact) mass is 308 g/mol. The van der Waals surface area contributed by atoms with Crippen LogP contribution < -0.4 is 14.8 Å². The minimum Gasteiger partial charge on any atom is -0.504 e. The molecule has 0 radical (unpaired) electrons. The van der Waals surface area contributed by atoms with Crippen LogP contribution in [0, 0.1) is 0 Å². The molecule has 2 aromatic rings. The molecule has 6 heteroatoms. The van der Waals surface area contributed by atoms with Crippen molar-refractivity contribution in [3.8, 4) is 17.4 Å². The number of benzene rings is 1. The number of phenolic OH excluding ortho intramolecular Hbond substituents is 1. The van der Waals surface area contributed by atoms with E-state index in [9.17, 15) is 5.11 Å². The first-order valence-corrected chi connectivity index (χ1v) is 6.90. The Kier molecular flexibility index (Phi) is 5.11. The number of hydrogen-bond donors (Lipinski definition) is 2. The van der Waals surface area contributed by atoms with Gasteiger partial charge in [-0.05, 0) is 19.1 Å². The van der Waals surface area contributed by atoms with E-state index in [0.717, 1.165) is 5.69 Å². The Balaban J connectivity index is 2.07. The summed E-state index contributed by atoms with van der Waals surface area (Å²) < 4.78 is 10.3. The van der Waals surface area contributed by atoms with Gasteiger partial charge in [-0.25, -0.2) is 4.98 Å². The summed E-state index contributed by atoms with van der Waals surface area (Å²) in [5, 5.41) is 13.7. The van der Waals surface area contributed by atoms with Crippen molar-refractivity contribution in [1.29, 1.82) is 0 Å². The van der Waals surface area contributed by atoms with Gasteiger partial charge in [0, 0.05) is 29.3 Å². The lowest BCUT2D eigenvalue weighted by Crippen LogP contribution is -2.02. The topological polar surface area (TPSA) is 63.6 Å². The summed E-state index contributed by atoms with van der Waals surface area (Å²) in [6, 6.07) is 6.90. The van der Waals surface area contributed by atoms with Crippen LogP contribution in [0.25, 0.3) is 0 Å². The molecule has 0 aliphatic heterocycles. The van der Waals surface area contributed by atoms with Crippen molar-refractivity contribution in [2.75, 3.05) is 19.0 Å². The number of rotatable bonds is 6. The van der Waals surface area contributed by atoms with Crippen molar-refractivity contribution < 1.29 is 14.6 Å². The molecule has 0 saturated heterocycles. The van der Waals surface area contributed by atoms with Crippen LogP contribution in [0.15, 0.2) is 30.5 Å². The molecule has 1 aromatic heterocycles. The minimum absolute atomic E-state index is 0.0771. The predicted octanol–water partition coefficient (Wildman–Crippen LogP) is 3.46. The van der Waals surface area contributed by atoms with Gasteiger partial charge in [-0.1, -0.05) is 11.6 Å². The van der Waals surface area contributed by atoms with E-state index in [1.165, 1.54) is 7.11 Å². The number of hydrogen-bond acceptors (Lipinski definition) is 5. The van der Waals surface area contributed by atoms with Gasteiger partial charge in [0.05, 0.1) is 25.6 Å². The normalized spacial score (nSPS) is 10.2. The molecule has 0 unspecified atom stereocenters. The largest absolute Gasteiger partial charge is 0.504 e. The van der Waals surface area contributed by atoms with Gasteiger partial charge < -0.3 is 19.9 Å². The highest BCUT2D eigenvalue weighted by molar-refractivity contribution is 6.30. The van der Waals surface area contributed by atoms with Crippen LogP contribution >= 0.6 is 11.6 Å². The maximum Gasteiger partial charge on any atom is 0.213 e. The van der Waals surface area contributed by atoms with Gasteiger partial charge in [0.2, 0.25) is 5.88 Å². The molecule has 21 heavy (non-hydrogen) atoms. The van der Waals surface area contributed by atoms with E-state index in [-0.39, 0.29) is 5.75 Å². The fourth-order valence-electron chi connectivity index (χ4n) is 1.83. The lowest BCUT2D eigenvalue weighted by Gasteiger charge is -2.11. The molecule has 2 rings (SSSR count). The van der Waals surface area contributed by atoms with Gasteiger partial charge in [-0.3, -0.25) is 0 Å². The molecule has 0 fully saturated rings. The van der Waals surface area contributed by atoms with Crippen LogP contribution in [0.5, 0.6) is 17.4 Å². The SMILES string of the molecule is CCOc1ccc(NCc2cc(Cl)cc(OC)c2O)cn1. The molecule has 0 aliphatic rings. The van der Waals surface area contributed by atoms with Crippen LogP contribution in [0.4, 0.5) is 5.69 Å². The van der Waals surface area contributed by atoms with E-state index in [1.54, 1.807) is 24.4 Å². The number of ether oxygens (including phenoxy) is 2. The average Bonchev–Trinajstić information content (AvgIpc) is 2.49. The molecule has 0 aliphatic carbocycles. The average molecular weight is 309 g/mol.